The zero-order chi connectivity index (χ0) is 20.9. The van der Waals surface area contributed by atoms with Crippen molar-refractivity contribution in [1.29, 1.82) is 0 Å². The second-order valence-corrected chi connectivity index (χ2v) is 7.33. The van der Waals surface area contributed by atoms with Gasteiger partial charge in [0.25, 0.3) is 5.56 Å². The fraction of sp³-hybridized carbons (Fsp3) is 0.318. The Morgan fingerprint density at radius 3 is 2.80 bits per heavy atom. The van der Waals surface area contributed by atoms with Crippen molar-refractivity contribution in [2.45, 2.75) is 38.8 Å². The van der Waals surface area contributed by atoms with Crippen LogP contribution in [0, 0.1) is 0 Å². The highest BCUT2D eigenvalue weighted by atomic mass is 16.2. The maximum Gasteiger partial charge on any atom is 0.277 e. The van der Waals surface area contributed by atoms with Crippen molar-refractivity contribution in [2.24, 2.45) is 0 Å². The molecule has 1 aliphatic rings. The predicted molar refractivity (Wildman–Crippen MR) is 113 cm³/mol. The molecule has 1 N–H and O–H groups in total. The van der Waals surface area contributed by atoms with Gasteiger partial charge in [-0.1, -0.05) is 29.5 Å². The van der Waals surface area contributed by atoms with E-state index in [4.69, 9.17) is 0 Å². The lowest BCUT2D eigenvalue weighted by atomic mass is 10.1. The van der Waals surface area contributed by atoms with E-state index in [1.54, 1.807) is 29.2 Å². The van der Waals surface area contributed by atoms with Crippen LogP contribution < -0.4 is 15.8 Å². The Kier molecular flexibility index (Phi) is 5.83. The van der Waals surface area contributed by atoms with Crippen LogP contribution in [0.5, 0.6) is 0 Å². The Morgan fingerprint density at radius 1 is 1.07 bits per heavy atom. The van der Waals surface area contributed by atoms with Gasteiger partial charge in [0.1, 0.15) is 5.52 Å². The number of hydrogen-bond acceptors (Lipinski definition) is 5. The summed E-state index contributed by atoms with van der Waals surface area (Å²) in [5.74, 6) is -0.0410. The molecule has 3 aromatic rings. The van der Waals surface area contributed by atoms with Gasteiger partial charge in [-0.2, -0.15) is 0 Å². The molecule has 154 valence electrons. The third-order valence-electron chi connectivity index (χ3n) is 5.22. The Labute approximate surface area is 173 Å². The number of aryl methyl sites for hydroxylation is 1. The van der Waals surface area contributed by atoms with E-state index in [1.807, 2.05) is 24.3 Å². The van der Waals surface area contributed by atoms with E-state index >= 15 is 0 Å². The van der Waals surface area contributed by atoms with Crippen LogP contribution in [0.4, 0.5) is 5.69 Å². The summed E-state index contributed by atoms with van der Waals surface area (Å²) in [4.78, 5) is 38.6. The first-order valence-electron chi connectivity index (χ1n) is 10.1. The fourth-order valence-electron chi connectivity index (χ4n) is 3.58. The Morgan fingerprint density at radius 2 is 1.93 bits per heavy atom. The molecule has 1 fully saturated rings. The summed E-state index contributed by atoms with van der Waals surface area (Å²) < 4.78 is 1.21. The molecule has 2 aromatic carbocycles. The summed E-state index contributed by atoms with van der Waals surface area (Å²) in [5.41, 5.74) is 2.06. The Bertz CT molecular complexity index is 1140. The lowest BCUT2D eigenvalue weighted by Crippen LogP contribution is -2.35. The molecule has 1 aromatic heterocycles. The zero-order valence-electron chi connectivity index (χ0n) is 16.6. The van der Waals surface area contributed by atoms with Crippen LogP contribution in [0.15, 0.2) is 53.3 Å². The highest BCUT2D eigenvalue weighted by Crippen LogP contribution is 2.21. The molecule has 30 heavy (non-hydrogen) atoms. The minimum atomic E-state index is -0.257. The second-order valence-electron chi connectivity index (χ2n) is 7.33. The van der Waals surface area contributed by atoms with E-state index in [9.17, 15) is 14.4 Å². The molecule has 0 atom stereocenters. The van der Waals surface area contributed by atoms with Gasteiger partial charge in [0.2, 0.25) is 11.8 Å². The van der Waals surface area contributed by atoms with Crippen molar-refractivity contribution in [3.8, 4) is 0 Å². The standard InChI is InChI=1S/C22H23N5O3/c28-20(11-13-27-22(30)18-8-1-2-9-19(18)24-25-27)23-15-16-6-5-7-17(14-16)26-12-4-3-10-21(26)29/h1-2,5-9,14H,3-4,10-13,15H2,(H,23,28). The molecule has 0 spiro atoms. The quantitative estimate of drug-likeness (QED) is 0.677. The molecule has 0 aliphatic carbocycles. The number of aromatic nitrogens is 3. The molecular formula is C22H23N5O3. The van der Waals surface area contributed by atoms with E-state index in [1.165, 1.54) is 4.68 Å². The molecule has 2 heterocycles. The largest absolute Gasteiger partial charge is 0.352 e. The first kappa shape index (κ1) is 19.8. The van der Waals surface area contributed by atoms with Gasteiger partial charge in [0.05, 0.1) is 11.9 Å². The fourth-order valence-corrected chi connectivity index (χ4v) is 3.58. The number of rotatable bonds is 6. The lowest BCUT2D eigenvalue weighted by molar-refractivity contribution is -0.121. The number of anilines is 1. The van der Waals surface area contributed by atoms with Gasteiger partial charge < -0.3 is 10.2 Å². The molecule has 2 amide bonds. The molecule has 8 nitrogen and oxygen atoms in total. The van der Waals surface area contributed by atoms with Crippen LogP contribution in [0.25, 0.3) is 10.9 Å². The van der Waals surface area contributed by atoms with Crippen molar-refractivity contribution in [3.63, 3.8) is 0 Å². The van der Waals surface area contributed by atoms with Crippen LogP contribution in [0.1, 0.15) is 31.2 Å². The number of nitrogens with one attached hydrogen (secondary N) is 1. The SMILES string of the molecule is O=C(CCn1nnc2ccccc2c1=O)NCc1cccc(N2CCCCC2=O)c1. The van der Waals surface area contributed by atoms with Crippen molar-refractivity contribution in [1.82, 2.24) is 20.3 Å². The zero-order valence-corrected chi connectivity index (χ0v) is 16.6. The summed E-state index contributed by atoms with van der Waals surface area (Å²) in [6, 6.07) is 14.6. The minimum absolute atomic E-state index is 0.122. The first-order valence-corrected chi connectivity index (χ1v) is 10.1. The van der Waals surface area contributed by atoms with Gasteiger partial charge in [-0.3, -0.25) is 14.4 Å². The Balaban J connectivity index is 1.34. The number of carbonyl (C=O) groups is 2. The summed E-state index contributed by atoms with van der Waals surface area (Å²) in [6.45, 7) is 1.24. The van der Waals surface area contributed by atoms with E-state index in [0.717, 1.165) is 30.6 Å². The van der Waals surface area contributed by atoms with Gasteiger partial charge in [-0.25, -0.2) is 4.68 Å². The summed E-state index contributed by atoms with van der Waals surface area (Å²) in [6.07, 6.45) is 2.65. The number of hydrogen-bond donors (Lipinski definition) is 1. The highest BCUT2D eigenvalue weighted by molar-refractivity contribution is 5.94. The molecule has 0 unspecified atom stereocenters. The van der Waals surface area contributed by atoms with E-state index in [-0.39, 0.29) is 30.3 Å². The molecule has 1 saturated heterocycles. The normalized spacial score (nSPS) is 14.1. The van der Waals surface area contributed by atoms with Crippen molar-refractivity contribution < 1.29 is 9.59 Å². The van der Waals surface area contributed by atoms with Crippen LogP contribution in [0.3, 0.4) is 0 Å². The number of benzene rings is 2. The lowest BCUT2D eigenvalue weighted by Gasteiger charge is -2.27. The van der Waals surface area contributed by atoms with E-state index in [2.05, 4.69) is 15.6 Å². The number of amides is 2. The average Bonchev–Trinajstić information content (AvgIpc) is 2.78. The maximum absolute atomic E-state index is 12.4. The van der Waals surface area contributed by atoms with Crippen LogP contribution in [-0.4, -0.2) is 33.4 Å². The number of piperidine rings is 1. The minimum Gasteiger partial charge on any atom is -0.352 e. The smallest absolute Gasteiger partial charge is 0.277 e. The average molecular weight is 405 g/mol. The van der Waals surface area contributed by atoms with Crippen molar-refractivity contribution in [3.05, 3.63) is 64.4 Å². The second kappa shape index (κ2) is 8.86. The van der Waals surface area contributed by atoms with Gasteiger partial charge >= 0.3 is 0 Å². The van der Waals surface area contributed by atoms with Crippen molar-refractivity contribution in [2.75, 3.05) is 11.4 Å². The molecule has 8 heteroatoms. The molecule has 0 saturated carbocycles. The van der Waals surface area contributed by atoms with Crippen molar-refractivity contribution >= 4 is 28.4 Å². The number of nitrogens with zero attached hydrogens (tertiary/aromatic N) is 4. The van der Waals surface area contributed by atoms with Gasteiger partial charge in [-0.05, 0) is 42.7 Å². The molecule has 0 radical (unpaired) electrons. The van der Waals surface area contributed by atoms with E-state index in [0.29, 0.717) is 23.9 Å². The predicted octanol–water partition coefficient (Wildman–Crippen LogP) is 2.01. The highest BCUT2D eigenvalue weighted by Gasteiger charge is 2.19. The maximum atomic E-state index is 12.4. The topological polar surface area (TPSA) is 97.2 Å². The van der Waals surface area contributed by atoms with Gasteiger partial charge in [-0.15, -0.1) is 5.10 Å². The monoisotopic (exact) mass is 405 g/mol. The van der Waals surface area contributed by atoms with Gasteiger partial charge in [0.15, 0.2) is 0 Å². The van der Waals surface area contributed by atoms with Crippen LogP contribution >= 0.6 is 0 Å². The Hall–Kier alpha value is -3.55. The first-order chi connectivity index (χ1) is 14.6. The summed E-state index contributed by atoms with van der Waals surface area (Å²) in [7, 11) is 0. The third kappa shape index (κ3) is 4.37. The number of fused-ring (bicyclic) bond motifs is 1. The van der Waals surface area contributed by atoms with E-state index < -0.39 is 0 Å². The van der Waals surface area contributed by atoms with Gasteiger partial charge in [0, 0.05) is 31.6 Å². The third-order valence-corrected chi connectivity index (χ3v) is 5.22. The summed E-state index contributed by atoms with van der Waals surface area (Å²) in [5, 5.41) is 11.3. The molecule has 1 aliphatic heterocycles. The van der Waals surface area contributed by atoms with Crippen LogP contribution in [-0.2, 0) is 22.7 Å². The van der Waals surface area contributed by atoms with Crippen LogP contribution in [0.2, 0.25) is 0 Å². The summed E-state index contributed by atoms with van der Waals surface area (Å²) >= 11 is 0. The molecule has 0 bridgehead atoms. The molecular weight excluding hydrogens is 382 g/mol. The number of carbonyl (C=O) groups excluding carboxylic acids is 2. The molecule has 4 rings (SSSR count).